The van der Waals surface area contributed by atoms with Gasteiger partial charge in [0.05, 0.1) is 7.11 Å². The van der Waals surface area contributed by atoms with Crippen molar-refractivity contribution in [2.45, 2.75) is 25.7 Å². The third-order valence-electron chi connectivity index (χ3n) is 2.86. The maximum Gasteiger partial charge on any atom is 1.00 e. The van der Waals surface area contributed by atoms with E-state index in [1.807, 2.05) is 24.3 Å². The number of allylic oxidation sites excluding steroid dienone is 2. The second kappa shape index (κ2) is 6.03. The van der Waals surface area contributed by atoms with Gasteiger partial charge < -0.3 is 9.84 Å². The van der Waals surface area contributed by atoms with E-state index in [-0.39, 0.29) is 18.9 Å². The maximum absolute atomic E-state index is 11.7. The zero-order valence-corrected chi connectivity index (χ0v) is 9.95. The molecule has 16 heavy (non-hydrogen) atoms. The predicted molar refractivity (Wildman–Crippen MR) is 58.4 cm³/mol. The molecule has 0 aliphatic heterocycles. The summed E-state index contributed by atoms with van der Waals surface area (Å²) in [5.74, 6) is 1.15. The van der Waals surface area contributed by atoms with Crippen LogP contribution < -0.4 is 28.7 Å². The molecular formula is C13H15LiO2. The summed E-state index contributed by atoms with van der Waals surface area (Å²) in [5.41, 5.74) is 2.05. The smallest absolute Gasteiger partial charge is 0.875 e. The minimum absolute atomic E-state index is 0. The average molecular weight is 210 g/mol. The van der Waals surface area contributed by atoms with E-state index in [9.17, 15) is 5.11 Å². The molecule has 2 nitrogen and oxygen atoms in total. The number of methoxy groups -OCH3 is 1. The van der Waals surface area contributed by atoms with E-state index in [1.54, 1.807) is 7.11 Å². The average Bonchev–Trinajstić information content (AvgIpc) is 2.30. The molecular weight excluding hydrogens is 195 g/mol. The standard InChI is InChI=1S/C13H16O2.Li/c1-15-11-8-6-10(7-9-11)12-4-2-3-5-13(12)14;/h6-9,14H,2-5H2,1H3;/q;+1/p-1. The van der Waals surface area contributed by atoms with E-state index in [2.05, 4.69) is 0 Å². The molecule has 1 aromatic carbocycles. The van der Waals surface area contributed by atoms with Gasteiger partial charge in [-0.05, 0) is 37.0 Å². The van der Waals surface area contributed by atoms with Gasteiger partial charge in [0.25, 0.3) is 0 Å². The van der Waals surface area contributed by atoms with Crippen molar-refractivity contribution >= 4 is 5.57 Å². The van der Waals surface area contributed by atoms with Crippen LogP contribution in [0.2, 0.25) is 0 Å². The Labute approximate surface area is 108 Å². The van der Waals surface area contributed by atoms with Gasteiger partial charge >= 0.3 is 18.9 Å². The molecule has 0 aromatic heterocycles. The van der Waals surface area contributed by atoms with Crippen LogP contribution in [0.25, 0.3) is 5.57 Å². The summed E-state index contributed by atoms with van der Waals surface area (Å²) in [5, 5.41) is 11.7. The Morgan fingerprint density at radius 1 is 1.06 bits per heavy atom. The fraction of sp³-hybridized carbons (Fsp3) is 0.385. The number of rotatable bonds is 2. The Hall–Kier alpha value is -0.843. The predicted octanol–water partition coefficient (Wildman–Crippen LogP) is -0.655. The first-order valence-corrected chi connectivity index (χ1v) is 5.34. The van der Waals surface area contributed by atoms with E-state index < -0.39 is 0 Å². The topological polar surface area (TPSA) is 32.3 Å². The van der Waals surface area contributed by atoms with E-state index in [0.29, 0.717) is 12.2 Å². The molecule has 1 aromatic rings. The van der Waals surface area contributed by atoms with Gasteiger partial charge in [0.1, 0.15) is 5.75 Å². The fourth-order valence-corrected chi connectivity index (χ4v) is 1.98. The quantitative estimate of drug-likeness (QED) is 0.607. The second-order valence-corrected chi connectivity index (χ2v) is 3.84. The third-order valence-corrected chi connectivity index (χ3v) is 2.86. The van der Waals surface area contributed by atoms with Gasteiger partial charge in [0.2, 0.25) is 0 Å². The monoisotopic (exact) mass is 210 g/mol. The summed E-state index contributed by atoms with van der Waals surface area (Å²) >= 11 is 0. The summed E-state index contributed by atoms with van der Waals surface area (Å²) in [6.45, 7) is 0. The molecule has 0 radical (unpaired) electrons. The molecule has 0 saturated carbocycles. The van der Waals surface area contributed by atoms with Gasteiger partial charge in [-0.3, -0.25) is 0 Å². The molecule has 1 aliphatic carbocycles. The minimum atomic E-state index is 0. The van der Waals surface area contributed by atoms with Gasteiger partial charge in [-0.2, -0.15) is 0 Å². The first-order chi connectivity index (χ1) is 7.31. The summed E-state index contributed by atoms with van der Waals surface area (Å²) in [6.07, 6.45) is 3.80. The van der Waals surface area contributed by atoms with Crippen LogP contribution in [-0.4, -0.2) is 7.11 Å². The van der Waals surface area contributed by atoms with Crippen molar-refractivity contribution in [3.8, 4) is 5.75 Å². The van der Waals surface area contributed by atoms with Crippen LogP contribution in [0.1, 0.15) is 31.2 Å². The van der Waals surface area contributed by atoms with Crippen molar-refractivity contribution in [2.24, 2.45) is 0 Å². The van der Waals surface area contributed by atoms with Crippen molar-refractivity contribution in [3.05, 3.63) is 35.6 Å². The van der Waals surface area contributed by atoms with Crippen LogP contribution in [0.4, 0.5) is 0 Å². The molecule has 0 heterocycles. The Bertz CT molecular complexity index is 368. The van der Waals surface area contributed by atoms with Crippen molar-refractivity contribution in [3.63, 3.8) is 0 Å². The van der Waals surface area contributed by atoms with Crippen molar-refractivity contribution in [1.29, 1.82) is 0 Å². The van der Waals surface area contributed by atoms with Gasteiger partial charge in [-0.1, -0.05) is 24.1 Å². The van der Waals surface area contributed by atoms with Crippen molar-refractivity contribution in [2.75, 3.05) is 7.11 Å². The molecule has 0 saturated heterocycles. The Morgan fingerprint density at radius 2 is 1.69 bits per heavy atom. The van der Waals surface area contributed by atoms with Gasteiger partial charge in [0.15, 0.2) is 0 Å². The largest absolute Gasteiger partial charge is 1.00 e. The number of benzene rings is 1. The minimum Gasteiger partial charge on any atom is -0.875 e. The molecule has 0 bridgehead atoms. The summed E-state index contributed by atoms with van der Waals surface area (Å²) in [4.78, 5) is 0. The van der Waals surface area contributed by atoms with Crippen molar-refractivity contribution in [1.82, 2.24) is 0 Å². The Morgan fingerprint density at radius 3 is 2.25 bits per heavy atom. The first kappa shape index (κ1) is 13.2. The van der Waals surface area contributed by atoms with Crippen LogP contribution >= 0.6 is 0 Å². The third kappa shape index (κ3) is 2.84. The molecule has 0 unspecified atom stereocenters. The van der Waals surface area contributed by atoms with Crippen LogP contribution in [0.5, 0.6) is 5.75 Å². The van der Waals surface area contributed by atoms with E-state index in [1.165, 1.54) is 0 Å². The van der Waals surface area contributed by atoms with E-state index in [0.717, 1.165) is 36.1 Å². The molecule has 1 aliphatic rings. The number of hydrogen-bond donors (Lipinski definition) is 0. The number of hydrogen-bond acceptors (Lipinski definition) is 2. The normalized spacial score (nSPS) is 15.6. The summed E-state index contributed by atoms with van der Waals surface area (Å²) in [6, 6.07) is 7.75. The molecule has 2 rings (SSSR count). The van der Waals surface area contributed by atoms with E-state index in [4.69, 9.17) is 4.74 Å². The van der Waals surface area contributed by atoms with Crippen LogP contribution in [0, 0.1) is 0 Å². The zero-order chi connectivity index (χ0) is 10.7. The molecule has 0 amide bonds. The summed E-state index contributed by atoms with van der Waals surface area (Å²) < 4.78 is 5.09. The molecule has 0 N–H and O–H groups in total. The maximum atomic E-state index is 11.7. The second-order valence-electron chi connectivity index (χ2n) is 3.84. The van der Waals surface area contributed by atoms with Gasteiger partial charge in [-0.25, -0.2) is 0 Å². The Balaban J connectivity index is 0.00000128. The number of ether oxygens (including phenoxy) is 1. The zero-order valence-electron chi connectivity index (χ0n) is 9.95. The van der Waals surface area contributed by atoms with E-state index >= 15 is 0 Å². The van der Waals surface area contributed by atoms with Crippen LogP contribution in [0.3, 0.4) is 0 Å². The summed E-state index contributed by atoms with van der Waals surface area (Å²) in [7, 11) is 1.65. The first-order valence-electron chi connectivity index (χ1n) is 5.34. The van der Waals surface area contributed by atoms with Gasteiger partial charge in [-0.15, -0.1) is 5.76 Å². The van der Waals surface area contributed by atoms with Crippen LogP contribution in [0.15, 0.2) is 30.0 Å². The molecule has 0 spiro atoms. The molecule has 3 heteroatoms. The molecule has 0 atom stereocenters. The molecule has 0 fully saturated rings. The Kier molecular flexibility index (Phi) is 4.99. The van der Waals surface area contributed by atoms with Crippen LogP contribution in [-0.2, 0) is 0 Å². The fourth-order valence-electron chi connectivity index (χ4n) is 1.98. The molecule has 80 valence electrons. The van der Waals surface area contributed by atoms with Crippen molar-refractivity contribution < 1.29 is 28.7 Å². The SMILES string of the molecule is COc1ccc(C2=C([O-])CCCC2)cc1.[Li+]. The van der Waals surface area contributed by atoms with Gasteiger partial charge in [0, 0.05) is 0 Å².